The van der Waals surface area contributed by atoms with E-state index in [2.05, 4.69) is 10.3 Å². The van der Waals surface area contributed by atoms with Crippen molar-refractivity contribution in [2.24, 2.45) is 0 Å². The summed E-state index contributed by atoms with van der Waals surface area (Å²) in [5, 5.41) is 2.72. The second kappa shape index (κ2) is 8.20. The van der Waals surface area contributed by atoms with Crippen molar-refractivity contribution in [3.05, 3.63) is 70.4 Å². The largest absolute Gasteiger partial charge is 0.328 e. The van der Waals surface area contributed by atoms with Crippen molar-refractivity contribution in [3.8, 4) is 0 Å². The second-order valence-electron chi connectivity index (χ2n) is 7.11. The van der Waals surface area contributed by atoms with Crippen LogP contribution >= 0.6 is 11.6 Å². The van der Waals surface area contributed by atoms with E-state index in [4.69, 9.17) is 11.6 Å². The van der Waals surface area contributed by atoms with Gasteiger partial charge in [0.25, 0.3) is 5.91 Å². The van der Waals surface area contributed by atoms with Crippen LogP contribution in [0.5, 0.6) is 0 Å². The van der Waals surface area contributed by atoms with Crippen molar-refractivity contribution in [2.75, 3.05) is 5.32 Å². The van der Waals surface area contributed by atoms with Gasteiger partial charge in [-0.3, -0.25) is 4.79 Å². The lowest BCUT2D eigenvalue weighted by molar-refractivity contribution is 0.102. The van der Waals surface area contributed by atoms with Gasteiger partial charge in [-0.15, -0.1) is 0 Å². The fourth-order valence-electron chi connectivity index (χ4n) is 3.35. The number of aromatic nitrogens is 2. The number of nitrogens with one attached hydrogen (secondary N) is 1. The van der Waals surface area contributed by atoms with Gasteiger partial charge < -0.3 is 9.88 Å². The molecule has 3 aromatic rings. The molecule has 0 spiro atoms. The SMILES string of the molecule is Cc1c(S(=O)(=O)c2ccc(F)cc2)c(NC(=O)c2cccnc2Cl)n(C(C)C)c1C. The van der Waals surface area contributed by atoms with E-state index >= 15 is 0 Å². The molecule has 158 valence electrons. The van der Waals surface area contributed by atoms with E-state index in [-0.39, 0.29) is 32.4 Å². The number of benzene rings is 1. The Kier molecular flexibility index (Phi) is 6.01. The molecule has 0 bridgehead atoms. The molecule has 0 aliphatic rings. The van der Waals surface area contributed by atoms with Crippen molar-refractivity contribution in [2.45, 2.75) is 43.5 Å². The summed E-state index contributed by atoms with van der Waals surface area (Å²) < 4.78 is 41.9. The minimum absolute atomic E-state index is 0.00837. The molecule has 2 heterocycles. The number of carbonyl (C=O) groups excluding carboxylic acids is 1. The molecular formula is C21H21ClFN3O3S. The summed E-state index contributed by atoms with van der Waals surface area (Å²) in [5.74, 6) is -0.987. The molecule has 30 heavy (non-hydrogen) atoms. The monoisotopic (exact) mass is 449 g/mol. The number of rotatable bonds is 5. The number of halogens is 2. The third kappa shape index (κ3) is 3.85. The van der Waals surface area contributed by atoms with Gasteiger partial charge in [0.15, 0.2) is 0 Å². The minimum atomic E-state index is -4.04. The van der Waals surface area contributed by atoms with Crippen LogP contribution in [0.15, 0.2) is 52.4 Å². The van der Waals surface area contributed by atoms with Crippen molar-refractivity contribution in [1.29, 1.82) is 0 Å². The first-order valence-corrected chi connectivity index (χ1v) is 11.1. The highest BCUT2D eigenvalue weighted by atomic mass is 35.5. The van der Waals surface area contributed by atoms with E-state index in [0.29, 0.717) is 11.3 Å². The molecule has 0 atom stereocenters. The predicted molar refractivity (Wildman–Crippen MR) is 113 cm³/mol. The Bertz CT molecular complexity index is 1220. The summed E-state index contributed by atoms with van der Waals surface area (Å²) in [6, 6.07) is 7.51. The van der Waals surface area contributed by atoms with Crippen LogP contribution in [0.1, 0.15) is 41.5 Å². The number of hydrogen-bond acceptors (Lipinski definition) is 4. The van der Waals surface area contributed by atoms with Gasteiger partial charge in [-0.2, -0.15) is 0 Å². The van der Waals surface area contributed by atoms with Gasteiger partial charge in [-0.05, 0) is 69.7 Å². The second-order valence-corrected chi connectivity index (χ2v) is 9.35. The van der Waals surface area contributed by atoms with Gasteiger partial charge in [0, 0.05) is 17.9 Å². The third-order valence-corrected chi connectivity index (χ3v) is 7.08. The summed E-state index contributed by atoms with van der Waals surface area (Å²) >= 11 is 6.03. The predicted octanol–water partition coefficient (Wildman–Crippen LogP) is 4.96. The van der Waals surface area contributed by atoms with Crippen LogP contribution in [0, 0.1) is 19.7 Å². The molecule has 1 N–H and O–H groups in total. The average Bonchev–Trinajstić information content (AvgIpc) is 2.93. The summed E-state index contributed by atoms with van der Waals surface area (Å²) in [4.78, 5) is 16.7. The highest BCUT2D eigenvalue weighted by Crippen LogP contribution is 2.37. The Labute approximate surface area is 179 Å². The Morgan fingerprint density at radius 2 is 1.80 bits per heavy atom. The van der Waals surface area contributed by atoms with Gasteiger partial charge >= 0.3 is 0 Å². The summed E-state index contributed by atoms with van der Waals surface area (Å²) in [6.07, 6.45) is 1.45. The molecular weight excluding hydrogens is 429 g/mol. The van der Waals surface area contributed by atoms with Crippen LogP contribution in [0.4, 0.5) is 10.2 Å². The zero-order valence-electron chi connectivity index (χ0n) is 16.9. The van der Waals surface area contributed by atoms with E-state index in [1.807, 2.05) is 13.8 Å². The van der Waals surface area contributed by atoms with E-state index < -0.39 is 21.6 Å². The van der Waals surface area contributed by atoms with E-state index in [9.17, 15) is 17.6 Å². The number of carbonyl (C=O) groups is 1. The smallest absolute Gasteiger partial charge is 0.259 e. The number of nitrogens with zero attached hydrogens (tertiary/aromatic N) is 2. The van der Waals surface area contributed by atoms with Crippen molar-refractivity contribution in [3.63, 3.8) is 0 Å². The first-order chi connectivity index (χ1) is 14.1. The first-order valence-electron chi connectivity index (χ1n) is 9.19. The normalized spacial score (nSPS) is 11.7. The number of sulfone groups is 1. The Balaban J connectivity index is 2.21. The number of anilines is 1. The molecule has 0 aliphatic heterocycles. The van der Waals surface area contributed by atoms with Crippen molar-refractivity contribution in [1.82, 2.24) is 9.55 Å². The number of hydrogen-bond donors (Lipinski definition) is 1. The van der Waals surface area contributed by atoms with Crippen molar-refractivity contribution < 1.29 is 17.6 Å². The lowest BCUT2D eigenvalue weighted by atomic mass is 10.2. The van der Waals surface area contributed by atoms with Crippen LogP contribution in [0.25, 0.3) is 0 Å². The first kappa shape index (κ1) is 22.0. The summed E-state index contributed by atoms with van der Waals surface area (Å²) in [5.41, 5.74) is 1.31. The lowest BCUT2D eigenvalue weighted by Crippen LogP contribution is -2.19. The van der Waals surface area contributed by atoms with Gasteiger partial charge in [0.2, 0.25) is 9.84 Å². The van der Waals surface area contributed by atoms with Crippen molar-refractivity contribution >= 4 is 33.2 Å². The molecule has 0 aliphatic carbocycles. The molecule has 0 radical (unpaired) electrons. The van der Waals surface area contributed by atoms with Gasteiger partial charge in [0.05, 0.1) is 10.5 Å². The highest BCUT2D eigenvalue weighted by Gasteiger charge is 2.31. The Morgan fingerprint density at radius 3 is 2.37 bits per heavy atom. The maximum Gasteiger partial charge on any atom is 0.259 e. The maximum absolute atomic E-state index is 13.4. The van der Waals surface area contributed by atoms with Crippen LogP contribution in [0.3, 0.4) is 0 Å². The molecule has 0 saturated carbocycles. The highest BCUT2D eigenvalue weighted by molar-refractivity contribution is 7.91. The number of pyridine rings is 1. The maximum atomic E-state index is 13.4. The molecule has 0 fully saturated rings. The quantitative estimate of drug-likeness (QED) is 0.441. The standard InChI is InChI=1S/C21H21ClFN3O3S/c1-12(2)26-14(4)13(3)18(30(28,29)16-9-7-15(23)8-10-16)20(26)25-21(27)17-6-5-11-24-19(17)22/h5-12H,1-4H3,(H,25,27). The zero-order chi connectivity index (χ0) is 22.2. The molecule has 2 aromatic heterocycles. The van der Waals surface area contributed by atoms with E-state index in [1.54, 1.807) is 24.5 Å². The Morgan fingerprint density at radius 1 is 1.17 bits per heavy atom. The van der Waals surface area contributed by atoms with Crippen LogP contribution in [-0.2, 0) is 9.84 Å². The summed E-state index contributed by atoms with van der Waals surface area (Å²) in [6.45, 7) is 7.23. The molecule has 9 heteroatoms. The molecule has 1 amide bonds. The topological polar surface area (TPSA) is 81.1 Å². The van der Waals surface area contributed by atoms with Crippen LogP contribution < -0.4 is 5.32 Å². The van der Waals surface area contributed by atoms with E-state index in [1.165, 1.54) is 24.4 Å². The molecule has 3 rings (SSSR count). The lowest BCUT2D eigenvalue weighted by Gasteiger charge is -2.17. The molecule has 1 aromatic carbocycles. The average molecular weight is 450 g/mol. The fraction of sp³-hybridized carbons (Fsp3) is 0.238. The Hall–Kier alpha value is -2.71. The zero-order valence-corrected chi connectivity index (χ0v) is 18.5. The van der Waals surface area contributed by atoms with Crippen LogP contribution in [-0.4, -0.2) is 23.9 Å². The van der Waals surface area contributed by atoms with Gasteiger partial charge in [-0.1, -0.05) is 11.6 Å². The van der Waals surface area contributed by atoms with Crippen LogP contribution in [0.2, 0.25) is 5.15 Å². The molecule has 6 nitrogen and oxygen atoms in total. The molecule has 0 saturated heterocycles. The van der Waals surface area contributed by atoms with Gasteiger partial charge in [-0.25, -0.2) is 17.8 Å². The molecule has 0 unspecified atom stereocenters. The van der Waals surface area contributed by atoms with E-state index in [0.717, 1.165) is 12.1 Å². The summed E-state index contributed by atoms with van der Waals surface area (Å²) in [7, 11) is -4.04. The minimum Gasteiger partial charge on any atom is -0.328 e. The fourth-order valence-corrected chi connectivity index (χ4v) is 5.24. The number of amides is 1. The van der Waals surface area contributed by atoms with Gasteiger partial charge in [0.1, 0.15) is 21.7 Å². The third-order valence-electron chi connectivity index (χ3n) is 4.85.